The van der Waals surface area contributed by atoms with Crippen molar-refractivity contribution in [2.24, 2.45) is 5.92 Å². The average Bonchev–Trinajstić information content (AvgIpc) is 2.68. The second kappa shape index (κ2) is 6.02. The molecule has 0 aromatic carbocycles. The molecule has 104 valence electrons. The fourth-order valence-corrected chi connectivity index (χ4v) is 2.26. The van der Waals surface area contributed by atoms with Crippen LogP contribution in [0, 0.1) is 5.92 Å². The molecule has 0 aliphatic carbocycles. The van der Waals surface area contributed by atoms with Crippen molar-refractivity contribution in [3.05, 3.63) is 24.4 Å². The summed E-state index contributed by atoms with van der Waals surface area (Å²) >= 11 is 0. The Balaban J connectivity index is 2.10. The smallest absolute Gasteiger partial charge is 0.243 e. The third-order valence-electron chi connectivity index (χ3n) is 2.92. The fourth-order valence-electron chi connectivity index (χ4n) is 2.26. The Kier molecular flexibility index (Phi) is 4.37. The minimum atomic E-state index is 0.368. The summed E-state index contributed by atoms with van der Waals surface area (Å²) in [6, 6.07) is 6.25. The van der Waals surface area contributed by atoms with Crippen LogP contribution in [0.15, 0.2) is 24.4 Å². The van der Waals surface area contributed by atoms with Crippen molar-refractivity contribution >= 4 is 11.6 Å². The molecule has 0 fully saturated rings. The van der Waals surface area contributed by atoms with Crippen molar-refractivity contribution in [3.63, 3.8) is 0 Å². The Morgan fingerprint density at radius 2 is 2.11 bits per heavy atom. The zero-order valence-electron chi connectivity index (χ0n) is 12.2. The molecule has 5 nitrogen and oxygen atoms in total. The SMILES string of the molecule is CC(C)CC(CN(C)C)Nc1nc2ccccn2n1. The van der Waals surface area contributed by atoms with E-state index < -0.39 is 0 Å². The molecule has 0 aliphatic heterocycles. The second-order valence-corrected chi connectivity index (χ2v) is 5.67. The van der Waals surface area contributed by atoms with Crippen molar-refractivity contribution in [1.82, 2.24) is 19.5 Å². The highest BCUT2D eigenvalue weighted by atomic mass is 15.3. The lowest BCUT2D eigenvalue weighted by molar-refractivity contribution is 0.355. The van der Waals surface area contributed by atoms with Crippen LogP contribution < -0.4 is 5.32 Å². The highest BCUT2D eigenvalue weighted by Gasteiger charge is 2.14. The van der Waals surface area contributed by atoms with Crippen molar-refractivity contribution in [2.45, 2.75) is 26.3 Å². The van der Waals surface area contributed by atoms with E-state index >= 15 is 0 Å². The van der Waals surface area contributed by atoms with E-state index in [-0.39, 0.29) is 0 Å². The van der Waals surface area contributed by atoms with Gasteiger partial charge in [0.1, 0.15) is 0 Å². The molecule has 0 bridgehead atoms. The zero-order valence-corrected chi connectivity index (χ0v) is 12.2. The minimum absolute atomic E-state index is 0.368. The van der Waals surface area contributed by atoms with E-state index in [1.165, 1.54) is 0 Å². The molecule has 2 rings (SSSR count). The summed E-state index contributed by atoms with van der Waals surface area (Å²) < 4.78 is 1.80. The van der Waals surface area contributed by atoms with E-state index in [9.17, 15) is 0 Å². The van der Waals surface area contributed by atoms with Crippen LogP contribution in [-0.4, -0.2) is 46.2 Å². The monoisotopic (exact) mass is 261 g/mol. The molecule has 0 spiro atoms. The number of aromatic nitrogens is 3. The Bertz CT molecular complexity index is 474. The van der Waals surface area contributed by atoms with E-state index in [4.69, 9.17) is 0 Å². The van der Waals surface area contributed by atoms with E-state index in [0.717, 1.165) is 18.6 Å². The molecule has 0 radical (unpaired) electrons. The Hall–Kier alpha value is -1.62. The Labute approximate surface area is 114 Å². The van der Waals surface area contributed by atoms with E-state index in [1.54, 1.807) is 4.52 Å². The zero-order chi connectivity index (χ0) is 13.8. The number of nitrogens with zero attached hydrogens (tertiary/aromatic N) is 4. The van der Waals surface area contributed by atoms with Gasteiger partial charge in [-0.1, -0.05) is 19.9 Å². The minimum Gasteiger partial charge on any atom is -0.349 e. The molecule has 0 aliphatic rings. The Morgan fingerprint density at radius 1 is 1.32 bits per heavy atom. The lowest BCUT2D eigenvalue weighted by Gasteiger charge is -2.23. The van der Waals surface area contributed by atoms with Crippen LogP contribution in [0.2, 0.25) is 0 Å². The molecule has 5 heteroatoms. The van der Waals surface area contributed by atoms with Crippen molar-refractivity contribution in [3.8, 4) is 0 Å². The molecular weight excluding hydrogens is 238 g/mol. The molecule has 2 aromatic rings. The third-order valence-corrected chi connectivity index (χ3v) is 2.92. The number of fused-ring (bicyclic) bond motifs is 1. The van der Waals surface area contributed by atoms with Gasteiger partial charge >= 0.3 is 0 Å². The van der Waals surface area contributed by atoms with Crippen LogP contribution in [0.4, 0.5) is 5.95 Å². The largest absolute Gasteiger partial charge is 0.349 e. The summed E-state index contributed by atoms with van der Waals surface area (Å²) in [5.74, 6) is 1.35. The van der Waals surface area contributed by atoms with Crippen LogP contribution in [0.25, 0.3) is 5.65 Å². The molecule has 2 heterocycles. The van der Waals surface area contributed by atoms with Crippen molar-refractivity contribution in [2.75, 3.05) is 26.0 Å². The van der Waals surface area contributed by atoms with Gasteiger partial charge in [-0.2, -0.15) is 4.98 Å². The molecule has 19 heavy (non-hydrogen) atoms. The van der Waals surface area contributed by atoms with Crippen LogP contribution >= 0.6 is 0 Å². The maximum absolute atomic E-state index is 4.49. The van der Waals surface area contributed by atoms with Gasteiger partial charge in [0.05, 0.1) is 0 Å². The normalized spacial score (nSPS) is 13.4. The summed E-state index contributed by atoms with van der Waals surface area (Å²) in [5, 5.41) is 7.89. The summed E-state index contributed by atoms with van der Waals surface area (Å²) in [6.45, 7) is 5.45. The van der Waals surface area contributed by atoms with Gasteiger partial charge < -0.3 is 10.2 Å². The molecule has 1 N–H and O–H groups in total. The van der Waals surface area contributed by atoms with Gasteiger partial charge in [0.2, 0.25) is 5.95 Å². The fraction of sp³-hybridized carbons (Fsp3) is 0.571. The first-order valence-corrected chi connectivity index (χ1v) is 6.77. The molecule has 0 saturated carbocycles. The van der Waals surface area contributed by atoms with Crippen molar-refractivity contribution < 1.29 is 0 Å². The van der Waals surface area contributed by atoms with Gasteiger partial charge in [0, 0.05) is 18.8 Å². The van der Waals surface area contributed by atoms with E-state index in [0.29, 0.717) is 17.9 Å². The highest BCUT2D eigenvalue weighted by Crippen LogP contribution is 2.12. The first-order chi connectivity index (χ1) is 9.04. The molecule has 2 aromatic heterocycles. The maximum atomic E-state index is 4.49. The molecular formula is C14H23N5. The van der Waals surface area contributed by atoms with Gasteiger partial charge in [-0.05, 0) is 38.6 Å². The topological polar surface area (TPSA) is 45.5 Å². The standard InChI is InChI=1S/C14H23N5/c1-11(2)9-12(10-18(3)4)15-14-16-13-7-5-6-8-19(13)17-14/h5-8,11-12H,9-10H2,1-4H3,(H,15,17). The average molecular weight is 261 g/mol. The lowest BCUT2D eigenvalue weighted by Crippen LogP contribution is -2.33. The van der Waals surface area contributed by atoms with E-state index in [2.05, 4.69) is 48.2 Å². The lowest BCUT2D eigenvalue weighted by atomic mass is 10.0. The first-order valence-electron chi connectivity index (χ1n) is 6.77. The maximum Gasteiger partial charge on any atom is 0.243 e. The summed E-state index contributed by atoms with van der Waals surface area (Å²) in [7, 11) is 4.18. The van der Waals surface area contributed by atoms with Crippen LogP contribution in [0.1, 0.15) is 20.3 Å². The number of hydrogen-bond donors (Lipinski definition) is 1. The van der Waals surface area contributed by atoms with Crippen LogP contribution in [0.5, 0.6) is 0 Å². The number of anilines is 1. The summed E-state index contributed by atoms with van der Waals surface area (Å²) in [6.07, 6.45) is 3.02. The predicted molar refractivity (Wildman–Crippen MR) is 78.4 cm³/mol. The Morgan fingerprint density at radius 3 is 2.74 bits per heavy atom. The highest BCUT2D eigenvalue weighted by molar-refractivity contribution is 5.43. The number of likely N-dealkylation sites (N-methyl/N-ethyl adjacent to an activating group) is 1. The van der Waals surface area contributed by atoms with Crippen LogP contribution in [0.3, 0.4) is 0 Å². The molecule has 0 amide bonds. The molecule has 0 saturated heterocycles. The van der Waals surface area contributed by atoms with E-state index in [1.807, 2.05) is 24.4 Å². The number of hydrogen-bond acceptors (Lipinski definition) is 4. The third kappa shape index (κ3) is 3.92. The van der Waals surface area contributed by atoms with Crippen LogP contribution in [-0.2, 0) is 0 Å². The number of rotatable bonds is 6. The number of pyridine rings is 1. The van der Waals surface area contributed by atoms with Crippen molar-refractivity contribution in [1.29, 1.82) is 0 Å². The summed E-state index contributed by atoms with van der Waals surface area (Å²) in [4.78, 5) is 6.68. The second-order valence-electron chi connectivity index (χ2n) is 5.67. The van der Waals surface area contributed by atoms with Gasteiger partial charge in [-0.3, -0.25) is 0 Å². The molecule has 1 atom stereocenters. The summed E-state index contributed by atoms with van der Waals surface area (Å²) in [5.41, 5.74) is 0.873. The van der Waals surface area contributed by atoms with Gasteiger partial charge in [-0.15, -0.1) is 5.10 Å². The predicted octanol–water partition coefficient (Wildman–Crippen LogP) is 2.12. The first kappa shape index (κ1) is 13.8. The van der Waals surface area contributed by atoms with Gasteiger partial charge in [0.25, 0.3) is 0 Å². The molecule has 1 unspecified atom stereocenters. The van der Waals surface area contributed by atoms with Gasteiger partial charge in [0.15, 0.2) is 5.65 Å². The number of nitrogens with one attached hydrogen (secondary N) is 1. The quantitative estimate of drug-likeness (QED) is 0.865. The van der Waals surface area contributed by atoms with Gasteiger partial charge in [-0.25, -0.2) is 4.52 Å².